The number of aldehydes is 1. The second kappa shape index (κ2) is 45.9. The van der Waals surface area contributed by atoms with Gasteiger partial charge in [-0.25, -0.2) is 4.98 Å². The van der Waals surface area contributed by atoms with E-state index in [9.17, 15) is 77.0 Å². The molecule has 0 aliphatic rings. The molecule has 14 amide bonds. The summed E-state index contributed by atoms with van der Waals surface area (Å²) in [6, 6.07) is -5.68. The lowest BCUT2D eigenvalue weighted by Gasteiger charge is -2.30. The number of hydrogen-bond acceptors (Lipinski definition) is 17. The molecule has 1 aromatic carbocycles. The molecule has 33 heteroatoms. The van der Waals surface area contributed by atoms with Gasteiger partial charge in [0, 0.05) is 87.5 Å². The van der Waals surface area contributed by atoms with Gasteiger partial charge in [-0.05, 0) is 100 Å². The van der Waals surface area contributed by atoms with E-state index in [-0.39, 0.29) is 75.2 Å². The summed E-state index contributed by atoms with van der Waals surface area (Å²) in [5.41, 5.74) is 12.6. The molecule has 3 aromatic rings. The van der Waals surface area contributed by atoms with Crippen LogP contribution >= 0.6 is 0 Å². The van der Waals surface area contributed by atoms with E-state index in [2.05, 4.69) is 78.8 Å². The fourth-order valence-corrected chi connectivity index (χ4v) is 11.1. The Bertz CT molecular complexity index is 3300. The summed E-state index contributed by atoms with van der Waals surface area (Å²) in [5.74, 6) is -12.3. The molecule has 10 atom stereocenters. The van der Waals surface area contributed by atoms with Crippen molar-refractivity contribution >= 4 is 99.9 Å². The number of unbranched alkanes of at least 4 members (excludes halogenated alkanes) is 5. The second-order valence-electron chi connectivity index (χ2n) is 27.6. The van der Waals surface area contributed by atoms with Crippen molar-refractivity contribution in [2.24, 2.45) is 35.1 Å². The molecule has 0 radical (unpaired) electrons. The summed E-state index contributed by atoms with van der Waals surface area (Å²) < 4.78 is 0. The van der Waals surface area contributed by atoms with Crippen molar-refractivity contribution in [3.05, 3.63) is 54.2 Å². The molecule has 0 saturated heterocycles. The smallest absolute Gasteiger partial charge is 0.245 e. The van der Waals surface area contributed by atoms with Gasteiger partial charge in [-0.2, -0.15) is 0 Å². The normalized spacial score (nSPS) is 14.2. The van der Waals surface area contributed by atoms with E-state index in [4.69, 9.17) is 11.5 Å². The van der Waals surface area contributed by atoms with Gasteiger partial charge in [0.1, 0.15) is 60.7 Å². The van der Waals surface area contributed by atoms with Crippen LogP contribution in [-0.2, 0) is 84.8 Å². The van der Waals surface area contributed by atoms with Gasteiger partial charge >= 0.3 is 0 Å². The van der Waals surface area contributed by atoms with Gasteiger partial charge in [0.25, 0.3) is 0 Å². The van der Waals surface area contributed by atoms with Crippen molar-refractivity contribution in [2.75, 3.05) is 19.6 Å². The first-order chi connectivity index (χ1) is 48.7. The monoisotopic (exact) mass is 1450 g/mol. The van der Waals surface area contributed by atoms with Gasteiger partial charge in [-0.1, -0.05) is 86.4 Å². The molecule has 0 aliphatic heterocycles. The molecule has 0 fully saturated rings. The Morgan fingerprint density at radius 1 is 0.485 bits per heavy atom. The molecule has 0 unspecified atom stereocenters. The van der Waals surface area contributed by atoms with Crippen molar-refractivity contribution in [2.45, 2.75) is 239 Å². The van der Waals surface area contributed by atoms with Crippen LogP contribution in [-0.4, -0.2) is 189 Å². The molecule has 33 nitrogen and oxygen atoms in total. The van der Waals surface area contributed by atoms with Gasteiger partial charge in [0.05, 0.1) is 19.0 Å². The first kappa shape index (κ1) is 87.4. The zero-order chi connectivity index (χ0) is 76.9. The van der Waals surface area contributed by atoms with Crippen molar-refractivity contribution in [1.29, 1.82) is 0 Å². The fourth-order valence-electron chi connectivity index (χ4n) is 11.1. The van der Waals surface area contributed by atoms with Crippen molar-refractivity contribution < 1.29 is 77.0 Å². The zero-order valence-corrected chi connectivity index (χ0v) is 61.0. The molecule has 2 heterocycles. The van der Waals surface area contributed by atoms with E-state index in [1.54, 1.807) is 67.7 Å². The predicted octanol–water partition coefficient (Wildman–Crippen LogP) is -0.566. The minimum atomic E-state index is -1.77. The van der Waals surface area contributed by atoms with Gasteiger partial charge in [0.15, 0.2) is 0 Å². The molecule has 0 spiro atoms. The van der Waals surface area contributed by atoms with Gasteiger partial charge in [-0.15, -0.1) is 0 Å². The number of aromatic amines is 2. The predicted molar refractivity (Wildman–Crippen MR) is 381 cm³/mol. The molecule has 0 aliphatic carbocycles. The van der Waals surface area contributed by atoms with Crippen LogP contribution in [0.4, 0.5) is 0 Å². The number of fused-ring (bicyclic) bond motifs is 1. The van der Waals surface area contributed by atoms with Crippen molar-refractivity contribution in [3.63, 3.8) is 0 Å². The van der Waals surface area contributed by atoms with Crippen LogP contribution in [0.25, 0.3) is 10.9 Å². The number of amides is 14. The summed E-state index contributed by atoms with van der Waals surface area (Å²) >= 11 is 0. The first-order valence-corrected chi connectivity index (χ1v) is 35.4. The van der Waals surface area contributed by atoms with E-state index in [1.165, 1.54) is 19.4 Å². The third kappa shape index (κ3) is 33.7. The van der Waals surface area contributed by atoms with Crippen LogP contribution in [0.1, 0.15) is 177 Å². The van der Waals surface area contributed by atoms with E-state index in [0.29, 0.717) is 49.9 Å². The number of carbonyl (C=O) groups excluding carboxylic acids is 15. The van der Waals surface area contributed by atoms with E-state index >= 15 is 0 Å². The minimum Gasteiger partial charge on any atom is -0.391 e. The lowest BCUT2D eigenvalue weighted by molar-refractivity contribution is -0.137. The highest BCUT2D eigenvalue weighted by molar-refractivity contribution is 5.99. The molecule has 2 aromatic heterocycles. The average Bonchev–Trinajstić information content (AvgIpc) is 1.75. The number of carbonyl (C=O) groups is 15. The molecule has 0 bridgehead atoms. The van der Waals surface area contributed by atoms with Crippen LogP contribution in [0.5, 0.6) is 0 Å². The molecular weight excluding hydrogens is 1330 g/mol. The van der Waals surface area contributed by atoms with E-state index in [1.807, 2.05) is 18.2 Å². The number of aromatic nitrogens is 3. The molecule has 3 rings (SSSR count). The third-order valence-electron chi connectivity index (χ3n) is 16.5. The number of nitrogens with zero attached hydrogens (tertiary/aromatic N) is 1. The lowest BCUT2D eigenvalue weighted by Crippen LogP contribution is -2.62. The summed E-state index contributed by atoms with van der Waals surface area (Å²) in [4.78, 5) is 210. The number of benzene rings is 1. The SMILES string of the molecule is CC(=O)N[C@@H](CCC(N)=O)C(=O)N[C@@H](Cc1cnc[nH]1)C(=O)N[C@@H](CC(C)C)C(=O)N[C@@H](CC(C)C)C(=O)N[C@@H](CCC(N)=O)C(=O)N[C@@H](CC(C)C)C(=O)N[C@H](C(=O)N[C@H](C(=O)N[C@@H](Cc1c[nH]c2ccccc12)C(=O)NCC(=O)NCCCCCC(=O)NCCCCCC=O)C(C)C)[C@@H](C)O. The van der Waals surface area contributed by atoms with Gasteiger partial charge in [0.2, 0.25) is 82.7 Å². The Morgan fingerprint density at radius 2 is 0.942 bits per heavy atom. The van der Waals surface area contributed by atoms with Crippen LogP contribution in [0, 0.1) is 23.7 Å². The third-order valence-corrected chi connectivity index (χ3v) is 16.5. The Labute approximate surface area is 601 Å². The Kier molecular flexibility index (Phi) is 39.0. The zero-order valence-electron chi connectivity index (χ0n) is 61.0. The molecule has 0 saturated carbocycles. The lowest BCUT2D eigenvalue weighted by atomic mass is 9.98. The Hall–Kier alpha value is -9.82. The number of nitrogens with one attached hydrogen (secondary N) is 14. The molecular formula is C70H111N17O16. The maximum Gasteiger partial charge on any atom is 0.245 e. The number of nitrogens with two attached hydrogens (primary N) is 2. The number of hydrogen-bond donors (Lipinski definition) is 17. The number of imidazole rings is 1. The van der Waals surface area contributed by atoms with Gasteiger partial charge in [-0.3, -0.25) is 67.1 Å². The van der Waals surface area contributed by atoms with Crippen molar-refractivity contribution in [3.8, 4) is 0 Å². The topological polar surface area (TPSA) is 517 Å². The average molecular weight is 1450 g/mol. The van der Waals surface area contributed by atoms with Crippen LogP contribution in [0.3, 0.4) is 0 Å². The van der Waals surface area contributed by atoms with Crippen LogP contribution < -0.4 is 75.3 Å². The molecule has 103 heavy (non-hydrogen) atoms. The first-order valence-electron chi connectivity index (χ1n) is 35.4. The highest BCUT2D eigenvalue weighted by atomic mass is 16.3. The second-order valence-corrected chi connectivity index (χ2v) is 27.6. The number of aliphatic hydroxyl groups is 1. The number of para-hydroxylation sites is 1. The number of aliphatic hydroxyl groups excluding tert-OH is 1. The van der Waals surface area contributed by atoms with E-state index < -0.39 is 163 Å². The maximum absolute atomic E-state index is 14.5. The van der Waals surface area contributed by atoms with Crippen molar-refractivity contribution in [1.82, 2.24) is 78.8 Å². The molecule has 19 N–H and O–H groups in total. The Morgan fingerprint density at radius 3 is 1.45 bits per heavy atom. The summed E-state index contributed by atoms with van der Waals surface area (Å²) in [7, 11) is 0. The summed E-state index contributed by atoms with van der Waals surface area (Å²) in [6.45, 7) is 16.4. The standard InChI is InChI=1S/C70H111N17O16/c1-39(2)30-51(82-66(99)52(31-40(3)4)83-67(100)55(34-46-36-73-38-78-46)84-63(96)49(79-44(10)90)23-25-56(71)91)65(98)80-50(24-26-57(72)92)64(97)81-53(32-41(5)6)68(101)87-61(43(9)89)70(103)86-60(42(7)8)69(102)85-54(33-45-35-76-48-21-16-15-20-47(45)48)62(95)77-37-59(94)75-28-18-13-14-22-58(93)74-27-17-11-12-19-29-88/h15-16,20-21,29,35-36,38-43,49-55,60-61,76,89H,11-14,17-19,22-28,30-34,37H2,1-10H3,(H2,71,91)(H2,72,92)(H,73,78)(H,74,93)(H,75,94)(H,77,95)(H,79,90)(H,80,98)(H,81,97)(H,82,99)(H,83,100)(H,84,96)(H,85,102)(H,86,103)(H,87,101)/t43-,49+,50+,51+,52+,53+,54+,55+,60+,61+/m1/s1. The quantitative estimate of drug-likeness (QED) is 0.0249. The highest BCUT2D eigenvalue weighted by Gasteiger charge is 2.38. The minimum absolute atomic E-state index is 0.0138. The largest absolute Gasteiger partial charge is 0.391 e. The number of primary amides is 2. The summed E-state index contributed by atoms with van der Waals surface area (Å²) in [5, 5.41) is 43.5. The fraction of sp³-hybridized carbons (Fsp3) is 0.629. The van der Waals surface area contributed by atoms with Crippen LogP contribution in [0.2, 0.25) is 0 Å². The van der Waals surface area contributed by atoms with Gasteiger partial charge < -0.3 is 95.1 Å². The van der Waals surface area contributed by atoms with Crippen LogP contribution in [0.15, 0.2) is 43.0 Å². The number of rotatable bonds is 50. The summed E-state index contributed by atoms with van der Waals surface area (Å²) in [6.07, 6.45) is 7.06. The number of H-pyrrole nitrogens is 2. The van der Waals surface area contributed by atoms with E-state index in [0.717, 1.165) is 43.4 Å². The highest BCUT2D eigenvalue weighted by Crippen LogP contribution is 2.20. The Balaban J connectivity index is 1.82. The molecule has 572 valence electrons. The maximum atomic E-state index is 14.5.